The first-order valence-corrected chi connectivity index (χ1v) is 11.1. The molecule has 4 aromatic heterocycles. The van der Waals surface area contributed by atoms with E-state index >= 15 is 0 Å². The Morgan fingerprint density at radius 1 is 0.967 bits per heavy atom. The molecule has 10 nitrogen and oxygen atoms in total. The lowest BCUT2D eigenvalue weighted by molar-refractivity contribution is 0.0517. The second-order valence-corrected chi connectivity index (χ2v) is 7.20. The molecule has 0 bridgehead atoms. The summed E-state index contributed by atoms with van der Waals surface area (Å²) in [4.78, 5) is 38.7. The van der Waals surface area contributed by atoms with E-state index < -0.39 is 11.9 Å². The van der Waals surface area contributed by atoms with Gasteiger partial charge in [0.15, 0.2) is 22.7 Å². The molecule has 0 saturated heterocycles. The number of ether oxygens (including phenoxy) is 1. The Morgan fingerprint density at radius 3 is 1.93 bits per heavy atom. The third-order valence-electron chi connectivity index (χ3n) is 3.78. The number of nitrogens with zero attached hydrogens (tertiary/aromatic N) is 6. The number of hydrogen-bond donors (Lipinski definition) is 1. The van der Waals surface area contributed by atoms with Gasteiger partial charge in [-0.3, -0.25) is 0 Å². The highest BCUT2D eigenvalue weighted by Crippen LogP contribution is 2.19. The Hall–Kier alpha value is -3.12. The van der Waals surface area contributed by atoms with Crippen molar-refractivity contribution in [1.82, 2.24) is 28.7 Å². The van der Waals surface area contributed by atoms with Crippen molar-refractivity contribution in [3.63, 3.8) is 0 Å². The van der Waals surface area contributed by atoms with Gasteiger partial charge in [0.1, 0.15) is 10.1 Å². The molecule has 0 amide bonds. The number of carboxylic acids is 1. The smallest absolute Gasteiger partial charge is 0.358 e. The predicted molar refractivity (Wildman–Crippen MR) is 112 cm³/mol. The number of carbonyl (C=O) groups is 2. The molecule has 0 fully saturated rings. The van der Waals surface area contributed by atoms with Crippen LogP contribution in [0.15, 0.2) is 47.2 Å². The minimum Gasteiger partial charge on any atom is -0.476 e. The fraction of sp³-hybridized carbons (Fsp3) is 0.222. The van der Waals surface area contributed by atoms with E-state index in [4.69, 9.17) is 9.84 Å². The molecule has 0 atom stereocenters. The fourth-order valence-electron chi connectivity index (χ4n) is 2.49. The highest BCUT2D eigenvalue weighted by molar-refractivity contribution is 7.98. The van der Waals surface area contributed by atoms with Crippen molar-refractivity contribution in [3.8, 4) is 0 Å². The molecule has 4 aromatic rings. The Labute approximate surface area is 179 Å². The van der Waals surface area contributed by atoms with Crippen LogP contribution in [0.4, 0.5) is 0 Å². The average Bonchev–Trinajstić information content (AvgIpc) is 3.41. The van der Waals surface area contributed by atoms with Gasteiger partial charge in [0.25, 0.3) is 0 Å². The van der Waals surface area contributed by atoms with Crippen LogP contribution >= 0.6 is 23.5 Å². The zero-order valence-corrected chi connectivity index (χ0v) is 18.0. The molecule has 0 spiro atoms. The number of thioether (sulfide) groups is 2. The number of imidazole rings is 2. The molecule has 0 saturated carbocycles. The second-order valence-electron chi connectivity index (χ2n) is 5.61. The van der Waals surface area contributed by atoms with Crippen LogP contribution in [0.5, 0.6) is 0 Å². The van der Waals surface area contributed by atoms with Crippen molar-refractivity contribution in [2.75, 3.05) is 19.1 Å². The number of fused-ring (bicyclic) bond motifs is 2. The van der Waals surface area contributed by atoms with Crippen LogP contribution in [-0.2, 0) is 4.74 Å². The number of rotatable bonds is 5. The third-order valence-corrected chi connectivity index (χ3v) is 5.10. The van der Waals surface area contributed by atoms with E-state index in [2.05, 4.69) is 19.9 Å². The van der Waals surface area contributed by atoms with E-state index in [-0.39, 0.29) is 5.69 Å². The Morgan fingerprint density at radius 2 is 1.47 bits per heavy atom. The largest absolute Gasteiger partial charge is 0.476 e. The lowest BCUT2D eigenvalue weighted by Gasteiger charge is -2.04. The van der Waals surface area contributed by atoms with Gasteiger partial charge in [-0.15, -0.1) is 23.5 Å². The number of carboxylic acid groups (broad SMARTS) is 1. The summed E-state index contributed by atoms with van der Waals surface area (Å²) in [6.07, 6.45) is 13.6. The molecule has 0 aliphatic carbocycles. The van der Waals surface area contributed by atoms with Gasteiger partial charge in [-0.1, -0.05) is 0 Å². The summed E-state index contributed by atoms with van der Waals surface area (Å²) >= 11 is 2.83. The number of esters is 1. The third kappa shape index (κ3) is 4.54. The van der Waals surface area contributed by atoms with E-state index in [1.54, 1.807) is 46.7 Å². The summed E-state index contributed by atoms with van der Waals surface area (Å²) in [6, 6.07) is 0. The van der Waals surface area contributed by atoms with Crippen molar-refractivity contribution in [2.45, 2.75) is 17.0 Å². The molecule has 0 aliphatic rings. The first-order valence-electron chi connectivity index (χ1n) is 8.64. The number of hydrogen-bond acceptors (Lipinski definition) is 9. The van der Waals surface area contributed by atoms with Crippen molar-refractivity contribution in [3.05, 3.63) is 48.6 Å². The quantitative estimate of drug-likeness (QED) is 0.361. The van der Waals surface area contributed by atoms with E-state index in [1.807, 2.05) is 12.5 Å². The van der Waals surface area contributed by atoms with Gasteiger partial charge in [-0.2, -0.15) is 0 Å². The maximum absolute atomic E-state index is 11.6. The summed E-state index contributed by atoms with van der Waals surface area (Å²) in [5.41, 5.74) is 1.76. The number of aromatic nitrogens is 6. The maximum Gasteiger partial charge on any atom is 0.358 e. The standard InChI is InChI=1S/C10H11N3O2S.C8H7N3O2S/c1-3-15-10(14)7-6-13-5-4-11-8(13)9(12-7)16-2;1-14-7-6-9-2-3-11(6)4-5(10-7)8(12)13/h4-6H,3H2,1-2H3;2-4H,1H3,(H,12,13). The van der Waals surface area contributed by atoms with Crippen molar-refractivity contribution >= 4 is 46.8 Å². The molecular weight excluding hydrogens is 428 g/mol. The molecule has 30 heavy (non-hydrogen) atoms. The minimum atomic E-state index is -1.03. The highest BCUT2D eigenvalue weighted by atomic mass is 32.2. The van der Waals surface area contributed by atoms with Crippen LogP contribution in [-0.4, -0.2) is 64.9 Å². The van der Waals surface area contributed by atoms with Crippen molar-refractivity contribution in [2.24, 2.45) is 0 Å². The first kappa shape index (κ1) is 21.6. The van der Waals surface area contributed by atoms with E-state index in [0.29, 0.717) is 23.0 Å². The van der Waals surface area contributed by atoms with Crippen LogP contribution < -0.4 is 0 Å². The SMILES string of the molecule is CCOC(=O)c1cn2ccnc2c(SC)n1.CSc1nc(C(=O)O)cn2ccnc12. The Bertz CT molecular complexity index is 1210. The molecule has 4 heterocycles. The summed E-state index contributed by atoms with van der Waals surface area (Å²) in [5.74, 6) is -1.44. The first-order chi connectivity index (χ1) is 14.5. The summed E-state index contributed by atoms with van der Waals surface area (Å²) in [6.45, 7) is 2.11. The van der Waals surface area contributed by atoms with Gasteiger partial charge < -0.3 is 18.6 Å². The van der Waals surface area contributed by atoms with E-state index in [1.165, 1.54) is 29.7 Å². The van der Waals surface area contributed by atoms with Gasteiger partial charge in [0, 0.05) is 37.2 Å². The maximum atomic E-state index is 11.6. The lowest BCUT2D eigenvalue weighted by atomic mass is 10.4. The minimum absolute atomic E-state index is 0.0276. The fourth-order valence-corrected chi connectivity index (χ4v) is 3.55. The van der Waals surface area contributed by atoms with Gasteiger partial charge in [-0.05, 0) is 19.4 Å². The molecule has 0 unspecified atom stereocenters. The van der Waals surface area contributed by atoms with Crippen LogP contribution in [0, 0.1) is 0 Å². The Kier molecular flexibility index (Phi) is 6.90. The normalized spacial score (nSPS) is 10.6. The van der Waals surface area contributed by atoms with Gasteiger partial charge in [0.05, 0.1) is 6.61 Å². The average molecular weight is 447 g/mol. The van der Waals surface area contributed by atoms with Gasteiger partial charge >= 0.3 is 11.9 Å². The van der Waals surface area contributed by atoms with Crippen molar-refractivity contribution in [1.29, 1.82) is 0 Å². The monoisotopic (exact) mass is 446 g/mol. The van der Waals surface area contributed by atoms with Gasteiger partial charge in [0.2, 0.25) is 0 Å². The lowest BCUT2D eigenvalue weighted by Crippen LogP contribution is -2.09. The summed E-state index contributed by atoms with van der Waals surface area (Å²) in [7, 11) is 0. The molecule has 1 N–H and O–H groups in total. The molecule has 0 radical (unpaired) electrons. The molecule has 0 aliphatic heterocycles. The van der Waals surface area contributed by atoms with E-state index in [9.17, 15) is 9.59 Å². The highest BCUT2D eigenvalue weighted by Gasteiger charge is 2.13. The number of aromatic carboxylic acids is 1. The van der Waals surface area contributed by atoms with Crippen LogP contribution in [0.25, 0.3) is 11.3 Å². The summed E-state index contributed by atoms with van der Waals surface area (Å²) in [5, 5.41) is 10.1. The van der Waals surface area contributed by atoms with Crippen LogP contribution in [0.3, 0.4) is 0 Å². The molecule has 0 aromatic carbocycles. The molecular formula is C18H18N6O4S2. The Balaban J connectivity index is 0.000000172. The summed E-state index contributed by atoms with van der Waals surface area (Å²) < 4.78 is 8.33. The zero-order valence-electron chi connectivity index (χ0n) is 16.3. The van der Waals surface area contributed by atoms with E-state index in [0.717, 1.165) is 10.7 Å². The predicted octanol–water partition coefficient (Wildman–Crippen LogP) is 2.78. The molecule has 12 heteroatoms. The molecule has 156 valence electrons. The van der Waals surface area contributed by atoms with Gasteiger partial charge in [-0.25, -0.2) is 29.5 Å². The second kappa shape index (κ2) is 9.59. The van der Waals surface area contributed by atoms with Crippen LogP contribution in [0.2, 0.25) is 0 Å². The van der Waals surface area contributed by atoms with Crippen LogP contribution in [0.1, 0.15) is 27.9 Å². The molecule has 4 rings (SSSR count). The van der Waals surface area contributed by atoms with Crippen molar-refractivity contribution < 1.29 is 19.4 Å². The number of carbonyl (C=O) groups excluding carboxylic acids is 1. The zero-order chi connectivity index (χ0) is 21.7. The topological polar surface area (TPSA) is 124 Å².